The summed E-state index contributed by atoms with van der Waals surface area (Å²) in [5.74, 6) is -0.852. The van der Waals surface area contributed by atoms with E-state index in [2.05, 4.69) is 20.4 Å². The third kappa shape index (κ3) is 5.27. The van der Waals surface area contributed by atoms with E-state index in [0.717, 1.165) is 18.8 Å². The van der Waals surface area contributed by atoms with E-state index >= 15 is 0 Å². The molecule has 6 nitrogen and oxygen atoms in total. The first-order valence-corrected chi connectivity index (χ1v) is 8.79. The monoisotopic (exact) mass is 395 g/mol. The van der Waals surface area contributed by atoms with E-state index in [1.807, 2.05) is 26.0 Å². The van der Waals surface area contributed by atoms with E-state index in [0.29, 0.717) is 5.56 Å². The van der Waals surface area contributed by atoms with Crippen molar-refractivity contribution in [3.8, 4) is 6.07 Å². The lowest BCUT2D eigenvalue weighted by Crippen LogP contribution is -2.21. The summed E-state index contributed by atoms with van der Waals surface area (Å²) >= 11 is 0.191. The van der Waals surface area contributed by atoms with Crippen LogP contribution in [0.2, 0.25) is 0 Å². The number of anilines is 2. The first-order valence-electron chi connectivity index (χ1n) is 7.97. The molecule has 0 aliphatic carbocycles. The van der Waals surface area contributed by atoms with Crippen molar-refractivity contribution >= 4 is 34.1 Å². The first kappa shape index (κ1) is 20.4. The van der Waals surface area contributed by atoms with Crippen LogP contribution in [0.25, 0.3) is 6.08 Å². The number of halogens is 3. The van der Waals surface area contributed by atoms with Gasteiger partial charge in [0.15, 0.2) is 0 Å². The lowest BCUT2D eigenvalue weighted by Gasteiger charge is -2.20. The molecule has 0 saturated carbocycles. The fourth-order valence-electron chi connectivity index (χ4n) is 2.24. The van der Waals surface area contributed by atoms with E-state index in [4.69, 9.17) is 0 Å². The Kier molecular flexibility index (Phi) is 6.52. The van der Waals surface area contributed by atoms with E-state index in [9.17, 15) is 23.2 Å². The summed E-state index contributed by atoms with van der Waals surface area (Å²) in [6.45, 7) is 5.76. The van der Waals surface area contributed by atoms with Gasteiger partial charge < -0.3 is 4.90 Å². The van der Waals surface area contributed by atoms with Crippen LogP contribution in [0.1, 0.15) is 24.4 Å². The average molecular weight is 395 g/mol. The number of hydrogen-bond acceptors (Lipinski definition) is 6. The number of nitriles is 1. The van der Waals surface area contributed by atoms with Gasteiger partial charge in [0.1, 0.15) is 11.6 Å². The smallest absolute Gasteiger partial charge is 0.372 e. The average Bonchev–Trinajstić information content (AvgIpc) is 3.10. The van der Waals surface area contributed by atoms with Crippen molar-refractivity contribution < 1.29 is 18.0 Å². The Labute approximate surface area is 157 Å². The van der Waals surface area contributed by atoms with Crippen molar-refractivity contribution in [3.05, 3.63) is 40.4 Å². The van der Waals surface area contributed by atoms with Gasteiger partial charge in [-0.15, -0.1) is 10.2 Å². The van der Waals surface area contributed by atoms with Crippen molar-refractivity contribution in [1.29, 1.82) is 5.26 Å². The molecule has 1 N–H and O–H groups in total. The topological polar surface area (TPSA) is 81.9 Å². The lowest BCUT2D eigenvalue weighted by atomic mass is 10.1. The molecule has 10 heteroatoms. The Morgan fingerprint density at radius 1 is 1.26 bits per heavy atom. The second-order valence-electron chi connectivity index (χ2n) is 5.30. The van der Waals surface area contributed by atoms with Gasteiger partial charge in [0.05, 0.1) is 0 Å². The van der Waals surface area contributed by atoms with Crippen LogP contribution in [0.4, 0.5) is 24.0 Å². The van der Waals surface area contributed by atoms with Crippen molar-refractivity contribution in [3.63, 3.8) is 0 Å². The first-order chi connectivity index (χ1) is 12.8. The number of carbonyl (C=O) groups excluding carboxylic acids is 1. The molecule has 0 aliphatic heterocycles. The highest BCUT2D eigenvalue weighted by Gasteiger charge is 2.35. The van der Waals surface area contributed by atoms with Gasteiger partial charge in [-0.2, -0.15) is 18.4 Å². The van der Waals surface area contributed by atoms with Gasteiger partial charge in [0.2, 0.25) is 10.1 Å². The van der Waals surface area contributed by atoms with Gasteiger partial charge in [0, 0.05) is 18.8 Å². The summed E-state index contributed by atoms with van der Waals surface area (Å²) in [6.07, 6.45) is -3.28. The standard InChI is InChI=1S/C17H16F3N5OS/c1-3-25(4-2)13-7-5-11(6-8-13)9-12(10-21)14(26)22-16-24-23-15(27-16)17(18,19)20/h5-9H,3-4H2,1-2H3,(H,22,24,26)/b12-9-. The van der Waals surface area contributed by atoms with Crippen LogP contribution in [0.5, 0.6) is 0 Å². The zero-order chi connectivity index (χ0) is 20.0. The fraction of sp³-hybridized carbons (Fsp3) is 0.294. The van der Waals surface area contributed by atoms with Gasteiger partial charge in [-0.25, -0.2) is 0 Å². The van der Waals surface area contributed by atoms with E-state index in [1.54, 1.807) is 18.2 Å². The predicted molar refractivity (Wildman–Crippen MR) is 97.1 cm³/mol. The summed E-state index contributed by atoms with van der Waals surface area (Å²) in [5.41, 5.74) is 1.37. The minimum Gasteiger partial charge on any atom is -0.372 e. The molecule has 0 saturated heterocycles. The van der Waals surface area contributed by atoms with Crippen molar-refractivity contribution in [1.82, 2.24) is 10.2 Å². The number of nitrogens with zero attached hydrogens (tertiary/aromatic N) is 4. The molecule has 0 atom stereocenters. The molecule has 1 heterocycles. The van der Waals surface area contributed by atoms with Crippen LogP contribution in [-0.2, 0) is 11.0 Å². The Morgan fingerprint density at radius 2 is 1.89 bits per heavy atom. The summed E-state index contributed by atoms with van der Waals surface area (Å²) in [4.78, 5) is 14.3. The molecule has 1 aromatic carbocycles. The lowest BCUT2D eigenvalue weighted by molar-refractivity contribution is -0.138. The molecule has 0 aliphatic rings. The van der Waals surface area contributed by atoms with Crippen LogP contribution in [0, 0.1) is 11.3 Å². The number of alkyl halides is 3. The molecular formula is C17H16F3N5OS. The number of hydrogen-bond donors (Lipinski definition) is 1. The SMILES string of the molecule is CCN(CC)c1ccc(/C=C(/C#N)C(=O)Nc2nnc(C(F)(F)F)s2)cc1. The van der Waals surface area contributed by atoms with Gasteiger partial charge in [-0.05, 0) is 37.6 Å². The Hall–Kier alpha value is -2.93. The maximum Gasteiger partial charge on any atom is 0.445 e. The van der Waals surface area contributed by atoms with Crippen LogP contribution >= 0.6 is 11.3 Å². The summed E-state index contributed by atoms with van der Waals surface area (Å²) in [5, 5.41) is 16.1. The van der Waals surface area contributed by atoms with Gasteiger partial charge in [-0.1, -0.05) is 23.5 Å². The molecular weight excluding hydrogens is 379 g/mol. The quantitative estimate of drug-likeness (QED) is 0.592. The Balaban J connectivity index is 2.14. The third-order valence-electron chi connectivity index (χ3n) is 3.59. The molecule has 142 valence electrons. The zero-order valence-corrected chi connectivity index (χ0v) is 15.4. The molecule has 1 aromatic heterocycles. The molecule has 2 rings (SSSR count). The number of aromatic nitrogens is 2. The predicted octanol–water partition coefficient (Wildman–Crippen LogP) is 3.95. The summed E-state index contributed by atoms with van der Waals surface area (Å²) in [6, 6.07) is 8.98. The molecule has 0 spiro atoms. The maximum absolute atomic E-state index is 12.5. The van der Waals surface area contributed by atoms with E-state index in [-0.39, 0.29) is 22.0 Å². The molecule has 0 unspecified atom stereocenters. The second-order valence-corrected chi connectivity index (χ2v) is 6.28. The number of nitrogens with one attached hydrogen (secondary N) is 1. The van der Waals surface area contributed by atoms with Crippen molar-refractivity contribution in [2.45, 2.75) is 20.0 Å². The van der Waals surface area contributed by atoms with Crippen LogP contribution in [0.15, 0.2) is 29.8 Å². The van der Waals surface area contributed by atoms with Gasteiger partial charge >= 0.3 is 6.18 Å². The highest BCUT2D eigenvalue weighted by Crippen LogP contribution is 2.33. The number of benzene rings is 1. The molecule has 2 aromatic rings. The minimum absolute atomic E-state index is 0.191. The van der Waals surface area contributed by atoms with Crippen molar-refractivity contribution in [2.75, 3.05) is 23.3 Å². The molecule has 0 radical (unpaired) electrons. The van der Waals surface area contributed by atoms with Crippen molar-refractivity contribution in [2.24, 2.45) is 0 Å². The molecule has 0 fully saturated rings. The van der Waals surface area contributed by atoms with E-state index in [1.165, 1.54) is 6.08 Å². The molecule has 27 heavy (non-hydrogen) atoms. The zero-order valence-electron chi connectivity index (χ0n) is 14.5. The van der Waals surface area contributed by atoms with Gasteiger partial charge in [0.25, 0.3) is 5.91 Å². The molecule has 0 bridgehead atoms. The normalized spacial score (nSPS) is 11.8. The Morgan fingerprint density at radius 3 is 2.37 bits per heavy atom. The number of rotatable bonds is 6. The van der Waals surface area contributed by atoms with Crippen LogP contribution < -0.4 is 10.2 Å². The van der Waals surface area contributed by atoms with Gasteiger partial charge in [-0.3, -0.25) is 10.1 Å². The maximum atomic E-state index is 12.5. The third-order valence-corrected chi connectivity index (χ3v) is 4.47. The highest BCUT2D eigenvalue weighted by atomic mass is 32.1. The minimum atomic E-state index is -4.64. The fourth-order valence-corrected chi connectivity index (χ4v) is 2.84. The molecule has 1 amide bonds. The summed E-state index contributed by atoms with van der Waals surface area (Å²) < 4.78 is 37.6. The largest absolute Gasteiger partial charge is 0.445 e. The number of amides is 1. The highest BCUT2D eigenvalue weighted by molar-refractivity contribution is 7.15. The van der Waals surface area contributed by atoms with E-state index < -0.39 is 17.1 Å². The summed E-state index contributed by atoms with van der Waals surface area (Å²) in [7, 11) is 0. The Bertz CT molecular complexity index is 864. The van der Waals surface area contributed by atoms with Crippen LogP contribution in [0.3, 0.4) is 0 Å². The van der Waals surface area contributed by atoms with Crippen LogP contribution in [-0.4, -0.2) is 29.2 Å². The second kappa shape index (κ2) is 8.64. The number of carbonyl (C=O) groups is 1.